The Kier molecular flexibility index (Phi) is 2.29. The molecule has 3 heteroatoms. The van der Waals surface area contributed by atoms with Gasteiger partial charge in [0.25, 0.3) is 0 Å². The molecule has 0 aromatic rings. The standard InChI is InChI=1S/C8H13NO2/c9-8(5-2-6-8)4-1-3-7(10)11/h1,3H,2,4-6,9H2,(H,10,11). The van der Waals surface area contributed by atoms with Crippen molar-refractivity contribution in [3.05, 3.63) is 12.2 Å². The summed E-state index contributed by atoms with van der Waals surface area (Å²) in [6.07, 6.45) is 6.72. The van der Waals surface area contributed by atoms with E-state index in [2.05, 4.69) is 0 Å². The van der Waals surface area contributed by atoms with Crippen LogP contribution in [0.1, 0.15) is 25.7 Å². The molecule has 0 bridgehead atoms. The number of nitrogens with two attached hydrogens (primary N) is 1. The van der Waals surface area contributed by atoms with E-state index in [0.29, 0.717) is 6.42 Å². The van der Waals surface area contributed by atoms with E-state index in [1.54, 1.807) is 6.08 Å². The van der Waals surface area contributed by atoms with Crippen LogP contribution >= 0.6 is 0 Å². The van der Waals surface area contributed by atoms with Gasteiger partial charge in [0.05, 0.1) is 0 Å². The summed E-state index contributed by atoms with van der Waals surface area (Å²) >= 11 is 0. The Balaban J connectivity index is 2.26. The van der Waals surface area contributed by atoms with Crippen LogP contribution in [0.4, 0.5) is 0 Å². The monoisotopic (exact) mass is 155 g/mol. The van der Waals surface area contributed by atoms with Gasteiger partial charge >= 0.3 is 5.97 Å². The third-order valence-corrected chi connectivity index (χ3v) is 2.13. The van der Waals surface area contributed by atoms with Gasteiger partial charge in [0.15, 0.2) is 0 Å². The van der Waals surface area contributed by atoms with E-state index < -0.39 is 5.97 Å². The van der Waals surface area contributed by atoms with Crippen molar-refractivity contribution >= 4 is 5.97 Å². The minimum Gasteiger partial charge on any atom is -0.478 e. The minimum absolute atomic E-state index is 0.0913. The predicted molar refractivity (Wildman–Crippen MR) is 42.2 cm³/mol. The second-order valence-corrected chi connectivity index (χ2v) is 3.16. The average molecular weight is 155 g/mol. The lowest BCUT2D eigenvalue weighted by atomic mass is 9.75. The fourth-order valence-electron chi connectivity index (χ4n) is 1.23. The van der Waals surface area contributed by atoms with Crippen LogP contribution in [-0.4, -0.2) is 16.6 Å². The van der Waals surface area contributed by atoms with Gasteiger partial charge in [0.1, 0.15) is 0 Å². The Hall–Kier alpha value is -0.830. The highest BCUT2D eigenvalue weighted by Crippen LogP contribution is 2.32. The highest BCUT2D eigenvalue weighted by atomic mass is 16.4. The Labute approximate surface area is 65.9 Å². The molecule has 0 atom stereocenters. The van der Waals surface area contributed by atoms with Gasteiger partial charge in [-0.2, -0.15) is 0 Å². The van der Waals surface area contributed by atoms with Gasteiger partial charge in [0.2, 0.25) is 0 Å². The summed E-state index contributed by atoms with van der Waals surface area (Å²) in [5.74, 6) is -0.895. The average Bonchev–Trinajstić information content (AvgIpc) is 1.83. The normalized spacial score (nSPS) is 21.5. The zero-order valence-corrected chi connectivity index (χ0v) is 6.42. The Morgan fingerprint density at radius 2 is 2.27 bits per heavy atom. The topological polar surface area (TPSA) is 63.3 Å². The maximum absolute atomic E-state index is 10.1. The summed E-state index contributed by atoms with van der Waals surface area (Å²) in [6.45, 7) is 0. The molecule has 0 aromatic heterocycles. The van der Waals surface area contributed by atoms with E-state index in [9.17, 15) is 4.79 Å². The molecule has 1 aliphatic rings. The summed E-state index contributed by atoms with van der Waals surface area (Å²) < 4.78 is 0. The molecule has 0 heterocycles. The number of rotatable bonds is 3. The molecule has 0 aromatic carbocycles. The molecule has 1 fully saturated rings. The van der Waals surface area contributed by atoms with Crippen LogP contribution < -0.4 is 5.73 Å². The number of carboxylic acid groups (broad SMARTS) is 1. The first kappa shape index (κ1) is 8.27. The zero-order chi connectivity index (χ0) is 8.32. The lowest BCUT2D eigenvalue weighted by molar-refractivity contribution is -0.131. The van der Waals surface area contributed by atoms with E-state index in [4.69, 9.17) is 10.8 Å². The van der Waals surface area contributed by atoms with Gasteiger partial charge in [-0.3, -0.25) is 0 Å². The van der Waals surface area contributed by atoms with Crippen LogP contribution in [0.2, 0.25) is 0 Å². The predicted octanol–water partition coefficient (Wildman–Crippen LogP) is 0.899. The molecule has 1 saturated carbocycles. The van der Waals surface area contributed by atoms with Crippen LogP contribution in [0.25, 0.3) is 0 Å². The van der Waals surface area contributed by atoms with Crippen molar-refractivity contribution in [1.29, 1.82) is 0 Å². The molecule has 62 valence electrons. The van der Waals surface area contributed by atoms with Crippen LogP contribution in [0, 0.1) is 0 Å². The maximum Gasteiger partial charge on any atom is 0.327 e. The van der Waals surface area contributed by atoms with E-state index in [1.165, 1.54) is 6.42 Å². The first-order chi connectivity index (χ1) is 5.12. The number of hydrogen-bond acceptors (Lipinski definition) is 2. The van der Waals surface area contributed by atoms with Gasteiger partial charge in [-0.1, -0.05) is 6.08 Å². The van der Waals surface area contributed by atoms with Crippen molar-refractivity contribution in [2.45, 2.75) is 31.2 Å². The molecule has 0 unspecified atom stereocenters. The third kappa shape index (κ3) is 2.35. The quantitative estimate of drug-likeness (QED) is 0.595. The Morgan fingerprint density at radius 1 is 1.64 bits per heavy atom. The van der Waals surface area contributed by atoms with E-state index in [0.717, 1.165) is 18.9 Å². The van der Waals surface area contributed by atoms with Crippen molar-refractivity contribution in [2.24, 2.45) is 5.73 Å². The summed E-state index contributed by atoms with van der Waals surface area (Å²) in [7, 11) is 0. The lowest BCUT2D eigenvalue weighted by Crippen LogP contribution is -2.45. The molecule has 11 heavy (non-hydrogen) atoms. The van der Waals surface area contributed by atoms with Crippen molar-refractivity contribution in [3.8, 4) is 0 Å². The number of aliphatic carboxylic acids is 1. The molecular formula is C8H13NO2. The highest BCUT2D eigenvalue weighted by Gasteiger charge is 2.30. The first-order valence-electron chi connectivity index (χ1n) is 3.81. The van der Waals surface area contributed by atoms with Crippen molar-refractivity contribution < 1.29 is 9.90 Å². The van der Waals surface area contributed by atoms with Crippen molar-refractivity contribution in [1.82, 2.24) is 0 Å². The fraction of sp³-hybridized carbons (Fsp3) is 0.625. The molecule has 3 N–H and O–H groups in total. The second kappa shape index (κ2) is 3.05. The van der Waals surface area contributed by atoms with Crippen molar-refractivity contribution in [3.63, 3.8) is 0 Å². The SMILES string of the molecule is NC1(CC=CC(=O)O)CCC1. The Bertz CT molecular complexity index is 183. The highest BCUT2D eigenvalue weighted by molar-refractivity contribution is 5.79. The summed E-state index contributed by atoms with van der Waals surface area (Å²) in [4.78, 5) is 10.1. The summed E-state index contributed by atoms with van der Waals surface area (Å²) in [6, 6.07) is 0. The smallest absolute Gasteiger partial charge is 0.327 e. The Morgan fingerprint density at radius 3 is 2.64 bits per heavy atom. The molecule has 3 nitrogen and oxygen atoms in total. The molecule has 0 aliphatic heterocycles. The third-order valence-electron chi connectivity index (χ3n) is 2.13. The van der Waals surface area contributed by atoms with Crippen LogP contribution in [0.3, 0.4) is 0 Å². The molecule has 0 spiro atoms. The fourth-order valence-corrected chi connectivity index (χ4v) is 1.23. The molecule has 0 saturated heterocycles. The second-order valence-electron chi connectivity index (χ2n) is 3.16. The van der Waals surface area contributed by atoms with Crippen LogP contribution in [0.5, 0.6) is 0 Å². The van der Waals surface area contributed by atoms with Gasteiger partial charge in [-0.25, -0.2) is 4.79 Å². The largest absolute Gasteiger partial charge is 0.478 e. The van der Waals surface area contributed by atoms with Gasteiger partial charge in [-0.05, 0) is 25.7 Å². The van der Waals surface area contributed by atoms with Crippen LogP contribution in [-0.2, 0) is 4.79 Å². The zero-order valence-electron chi connectivity index (χ0n) is 6.42. The summed E-state index contributed by atoms with van der Waals surface area (Å²) in [5, 5.41) is 8.27. The number of carbonyl (C=O) groups is 1. The van der Waals surface area contributed by atoms with E-state index >= 15 is 0 Å². The molecule has 0 radical (unpaired) electrons. The number of hydrogen-bond donors (Lipinski definition) is 2. The minimum atomic E-state index is -0.895. The van der Waals surface area contributed by atoms with Gasteiger partial charge < -0.3 is 10.8 Å². The number of carboxylic acids is 1. The van der Waals surface area contributed by atoms with Gasteiger partial charge in [-0.15, -0.1) is 0 Å². The molecule has 0 amide bonds. The van der Waals surface area contributed by atoms with E-state index in [1.807, 2.05) is 0 Å². The molecule has 1 aliphatic carbocycles. The maximum atomic E-state index is 10.1. The van der Waals surface area contributed by atoms with Crippen LogP contribution in [0.15, 0.2) is 12.2 Å². The van der Waals surface area contributed by atoms with Crippen molar-refractivity contribution in [2.75, 3.05) is 0 Å². The lowest BCUT2D eigenvalue weighted by Gasteiger charge is -2.37. The molecular weight excluding hydrogens is 142 g/mol. The first-order valence-corrected chi connectivity index (χ1v) is 3.81. The van der Waals surface area contributed by atoms with E-state index in [-0.39, 0.29) is 5.54 Å². The van der Waals surface area contributed by atoms with Gasteiger partial charge in [0, 0.05) is 11.6 Å². The molecule has 1 rings (SSSR count). The summed E-state index contributed by atoms with van der Waals surface area (Å²) in [5.41, 5.74) is 5.75.